The van der Waals surface area contributed by atoms with Crippen LogP contribution in [-0.2, 0) is 10.8 Å². The van der Waals surface area contributed by atoms with Gasteiger partial charge in [0.2, 0.25) is 0 Å². The van der Waals surface area contributed by atoms with E-state index in [4.69, 9.17) is 0 Å². The minimum absolute atomic E-state index is 0.0129. The Bertz CT molecular complexity index is 2840. The van der Waals surface area contributed by atoms with Crippen molar-refractivity contribution in [2.75, 3.05) is 0 Å². The summed E-state index contributed by atoms with van der Waals surface area (Å²) in [5.41, 5.74) is 13.4. The minimum Gasteiger partial charge on any atom is -0.0622 e. The van der Waals surface area contributed by atoms with Crippen molar-refractivity contribution in [1.82, 2.24) is 0 Å². The normalized spacial score (nSPS) is 13.0. The number of hydrogen-bond donors (Lipinski definition) is 0. The van der Waals surface area contributed by atoms with Crippen LogP contribution >= 0.6 is 0 Å². The van der Waals surface area contributed by atoms with Gasteiger partial charge in [0.25, 0.3) is 0 Å². The van der Waals surface area contributed by atoms with E-state index >= 15 is 0 Å². The van der Waals surface area contributed by atoms with Crippen molar-refractivity contribution < 1.29 is 0 Å². The van der Waals surface area contributed by atoms with E-state index in [0.717, 1.165) is 0 Å². The average molecular weight is 641 g/mol. The molecule has 0 bridgehead atoms. The summed E-state index contributed by atoms with van der Waals surface area (Å²) in [7, 11) is 0. The monoisotopic (exact) mass is 640 g/mol. The van der Waals surface area contributed by atoms with E-state index in [1.165, 1.54) is 109 Å². The van der Waals surface area contributed by atoms with Crippen molar-refractivity contribution in [3.05, 3.63) is 145 Å². The van der Waals surface area contributed by atoms with E-state index in [1.807, 2.05) is 0 Å². The first kappa shape index (κ1) is 29.5. The molecular weight excluding hydrogens is 601 g/mol. The Balaban J connectivity index is 1.43. The second-order valence-corrected chi connectivity index (χ2v) is 16.5. The van der Waals surface area contributed by atoms with E-state index < -0.39 is 0 Å². The van der Waals surface area contributed by atoms with Crippen LogP contribution in [0.2, 0.25) is 0 Å². The van der Waals surface area contributed by atoms with Gasteiger partial charge in [0.1, 0.15) is 0 Å². The fourth-order valence-corrected chi connectivity index (χ4v) is 9.01. The predicted octanol–water partition coefficient (Wildman–Crippen LogP) is 14.5. The van der Waals surface area contributed by atoms with Gasteiger partial charge in [0.15, 0.2) is 0 Å². The molecule has 0 heteroatoms. The van der Waals surface area contributed by atoms with Gasteiger partial charge in [-0.2, -0.15) is 0 Å². The van der Waals surface area contributed by atoms with Crippen LogP contribution < -0.4 is 0 Å². The molecule has 1 aliphatic rings. The fourth-order valence-electron chi connectivity index (χ4n) is 9.01. The molecule has 9 aromatic rings. The highest BCUT2D eigenvalue weighted by Gasteiger charge is 2.31. The summed E-state index contributed by atoms with van der Waals surface area (Å²) in [6.45, 7) is 14.1. The molecule has 0 aromatic heterocycles. The Morgan fingerprint density at radius 3 is 1.40 bits per heavy atom. The van der Waals surface area contributed by atoms with E-state index in [0.29, 0.717) is 0 Å². The highest BCUT2D eigenvalue weighted by atomic mass is 14.3. The third kappa shape index (κ3) is 4.06. The van der Waals surface area contributed by atoms with Gasteiger partial charge in [-0.25, -0.2) is 0 Å². The summed E-state index contributed by atoms with van der Waals surface area (Å²) >= 11 is 0. The third-order valence-electron chi connectivity index (χ3n) is 11.4. The standard InChI is InChI=1S/C50H40/c1-49(2,3)33-23-31-21-22-36-43(50(4,5)6)28-42-38-27-41-40(26-37(38)39-25-32(24-33)44(31)48(36)47(39)42)45(29-15-9-7-10-16-29)34-19-13-14-20-35(34)46(41)30-17-11-8-12-18-30/h7-28H,1-6H3. The van der Waals surface area contributed by atoms with Gasteiger partial charge in [0.05, 0.1) is 0 Å². The molecule has 0 atom stereocenters. The van der Waals surface area contributed by atoms with Crippen LogP contribution in [0.4, 0.5) is 0 Å². The van der Waals surface area contributed by atoms with Gasteiger partial charge >= 0.3 is 0 Å². The van der Waals surface area contributed by atoms with Gasteiger partial charge in [0, 0.05) is 0 Å². The lowest BCUT2D eigenvalue weighted by molar-refractivity contribution is 0.591. The Hall–Kier alpha value is -5.46. The Labute approximate surface area is 294 Å². The Kier molecular flexibility index (Phi) is 5.92. The Morgan fingerprint density at radius 1 is 0.340 bits per heavy atom. The van der Waals surface area contributed by atoms with Gasteiger partial charge in [-0.1, -0.05) is 151 Å². The molecule has 0 fully saturated rings. The predicted molar refractivity (Wildman–Crippen MR) is 218 cm³/mol. The molecule has 0 amide bonds. The molecule has 240 valence electrons. The number of hydrogen-bond acceptors (Lipinski definition) is 0. The maximum absolute atomic E-state index is 2.54. The maximum atomic E-state index is 2.54. The molecule has 0 unspecified atom stereocenters. The minimum atomic E-state index is -0.0129. The van der Waals surface area contributed by atoms with Crippen LogP contribution in [0.5, 0.6) is 0 Å². The molecule has 10 rings (SSSR count). The van der Waals surface area contributed by atoms with Crippen molar-refractivity contribution >= 4 is 53.9 Å². The zero-order chi connectivity index (χ0) is 34.1. The maximum Gasteiger partial charge on any atom is -0.00113 e. The number of benzene rings is 9. The third-order valence-corrected chi connectivity index (χ3v) is 11.4. The molecule has 50 heavy (non-hydrogen) atoms. The van der Waals surface area contributed by atoms with Crippen molar-refractivity contribution in [1.29, 1.82) is 0 Å². The van der Waals surface area contributed by atoms with Crippen LogP contribution in [0.1, 0.15) is 52.7 Å². The average Bonchev–Trinajstić information content (AvgIpc) is 3.41. The first-order chi connectivity index (χ1) is 24.1. The molecule has 0 spiro atoms. The van der Waals surface area contributed by atoms with Crippen molar-refractivity contribution in [2.24, 2.45) is 0 Å². The first-order valence-electron chi connectivity index (χ1n) is 18.0. The van der Waals surface area contributed by atoms with Crippen LogP contribution in [-0.4, -0.2) is 0 Å². The Morgan fingerprint density at radius 2 is 0.860 bits per heavy atom. The zero-order valence-electron chi connectivity index (χ0n) is 29.7. The molecule has 0 heterocycles. The molecule has 0 saturated carbocycles. The van der Waals surface area contributed by atoms with Gasteiger partial charge in [-0.15, -0.1) is 0 Å². The summed E-state index contributed by atoms with van der Waals surface area (Å²) in [4.78, 5) is 0. The molecule has 0 radical (unpaired) electrons. The summed E-state index contributed by atoms with van der Waals surface area (Å²) in [5.74, 6) is 0. The second kappa shape index (κ2) is 10.1. The lowest BCUT2D eigenvalue weighted by Gasteiger charge is -2.26. The lowest BCUT2D eigenvalue weighted by atomic mass is 9.78. The van der Waals surface area contributed by atoms with E-state index in [9.17, 15) is 0 Å². The van der Waals surface area contributed by atoms with Crippen LogP contribution in [0.15, 0.2) is 133 Å². The van der Waals surface area contributed by atoms with Gasteiger partial charge in [-0.3, -0.25) is 0 Å². The number of fused-ring (bicyclic) bond motifs is 5. The van der Waals surface area contributed by atoms with Crippen molar-refractivity contribution in [3.63, 3.8) is 0 Å². The summed E-state index contributed by atoms with van der Waals surface area (Å²) in [6, 6.07) is 50.8. The van der Waals surface area contributed by atoms with Crippen LogP contribution in [0.3, 0.4) is 0 Å². The van der Waals surface area contributed by atoms with Gasteiger partial charge < -0.3 is 0 Å². The first-order valence-corrected chi connectivity index (χ1v) is 18.0. The zero-order valence-corrected chi connectivity index (χ0v) is 29.7. The molecule has 0 nitrogen and oxygen atoms in total. The SMILES string of the molecule is CC(C)(C)c1cc2ccc3c(C(C)(C)C)cc4c5c(cc(c1)c2c35)-c1cc2c(-c3ccccc3)c3ccccc3c(-c3ccccc3)c2cc1-4. The summed E-state index contributed by atoms with van der Waals surface area (Å²) < 4.78 is 0. The topological polar surface area (TPSA) is 0 Å². The largest absolute Gasteiger partial charge is 0.0622 e. The highest BCUT2D eigenvalue weighted by molar-refractivity contribution is 6.34. The highest BCUT2D eigenvalue weighted by Crippen LogP contribution is 2.56. The van der Waals surface area contributed by atoms with Gasteiger partial charge in [-0.05, 0) is 145 Å². The van der Waals surface area contributed by atoms with Crippen LogP contribution in [0, 0.1) is 0 Å². The molecule has 0 aliphatic heterocycles. The fraction of sp³-hybridized carbons (Fsp3) is 0.160. The van der Waals surface area contributed by atoms with E-state index in [-0.39, 0.29) is 10.8 Å². The van der Waals surface area contributed by atoms with Crippen LogP contribution in [0.25, 0.3) is 98.4 Å². The molecule has 1 aliphatic carbocycles. The van der Waals surface area contributed by atoms with E-state index in [1.54, 1.807) is 0 Å². The quantitative estimate of drug-likeness (QED) is 0.130. The number of rotatable bonds is 2. The smallest absolute Gasteiger partial charge is 0.00113 e. The van der Waals surface area contributed by atoms with Crippen molar-refractivity contribution in [2.45, 2.75) is 52.4 Å². The summed E-state index contributed by atoms with van der Waals surface area (Å²) in [5, 5.41) is 13.5. The second-order valence-electron chi connectivity index (χ2n) is 16.5. The summed E-state index contributed by atoms with van der Waals surface area (Å²) in [6.07, 6.45) is 0. The van der Waals surface area contributed by atoms with E-state index in [2.05, 4.69) is 175 Å². The molecule has 0 saturated heterocycles. The molecular formula is C50H40. The molecule has 0 N–H and O–H groups in total. The van der Waals surface area contributed by atoms with Crippen molar-refractivity contribution in [3.8, 4) is 44.5 Å². The lowest BCUT2D eigenvalue weighted by Crippen LogP contribution is -2.12. The molecule has 9 aromatic carbocycles.